The summed E-state index contributed by atoms with van der Waals surface area (Å²) in [5, 5.41) is 0. The van der Waals surface area contributed by atoms with Crippen molar-refractivity contribution < 1.29 is 4.39 Å². The molecule has 1 aromatic carbocycles. The number of halogens is 3. The van der Waals surface area contributed by atoms with E-state index in [1.165, 1.54) is 19.3 Å². The maximum atomic E-state index is 13.9. The Balaban J connectivity index is 2.07. The molecule has 0 bridgehead atoms. The summed E-state index contributed by atoms with van der Waals surface area (Å²) in [7, 11) is 0. The van der Waals surface area contributed by atoms with E-state index in [-0.39, 0.29) is 5.82 Å². The van der Waals surface area contributed by atoms with E-state index in [1.807, 2.05) is 12.1 Å². The molecule has 0 spiro atoms. The largest absolute Gasteiger partial charge is 0.207 e. The third-order valence-corrected chi connectivity index (χ3v) is 6.07. The predicted molar refractivity (Wildman–Crippen MR) is 86.2 cm³/mol. The van der Waals surface area contributed by atoms with Gasteiger partial charge < -0.3 is 0 Å². The Labute approximate surface area is 132 Å². The molecule has 106 valence electrons. The summed E-state index contributed by atoms with van der Waals surface area (Å²) in [6.45, 7) is 4.60. The van der Waals surface area contributed by atoms with Gasteiger partial charge >= 0.3 is 0 Å². The molecule has 0 radical (unpaired) electrons. The van der Waals surface area contributed by atoms with E-state index in [1.54, 1.807) is 6.07 Å². The molecule has 0 saturated heterocycles. The maximum absolute atomic E-state index is 13.9. The second kappa shape index (κ2) is 6.71. The Morgan fingerprint density at radius 1 is 1.32 bits per heavy atom. The average Bonchev–Trinajstić information content (AvgIpc) is 2.34. The molecule has 1 aromatic rings. The Morgan fingerprint density at radius 3 is 2.68 bits per heavy atom. The lowest BCUT2D eigenvalue weighted by atomic mass is 9.74. The second-order valence-corrected chi connectivity index (χ2v) is 8.12. The molecule has 0 nitrogen and oxygen atoms in total. The summed E-state index contributed by atoms with van der Waals surface area (Å²) in [5.41, 5.74) is 0.849. The lowest BCUT2D eigenvalue weighted by Crippen LogP contribution is -2.29. The van der Waals surface area contributed by atoms with Crippen LogP contribution in [0.15, 0.2) is 22.7 Å². The number of alkyl halides is 1. The predicted octanol–water partition coefficient (Wildman–Crippen LogP) is 5.97. The summed E-state index contributed by atoms with van der Waals surface area (Å²) >= 11 is 7.11. The molecule has 0 amide bonds. The second-order valence-electron chi connectivity index (χ2n) is 6.03. The van der Waals surface area contributed by atoms with E-state index < -0.39 is 0 Å². The lowest BCUT2D eigenvalue weighted by molar-refractivity contribution is 0.222. The zero-order chi connectivity index (χ0) is 14.0. The molecule has 1 aliphatic carbocycles. The molecule has 1 aliphatic rings. The average molecular weight is 392 g/mol. The number of rotatable bonds is 3. The van der Waals surface area contributed by atoms with Gasteiger partial charge in [0.1, 0.15) is 5.82 Å². The Hall–Kier alpha value is 0.110. The summed E-state index contributed by atoms with van der Waals surface area (Å²) in [6.07, 6.45) is 4.57. The molecular weight excluding hydrogens is 371 g/mol. The molecule has 0 N–H and O–H groups in total. The van der Waals surface area contributed by atoms with E-state index in [2.05, 4.69) is 45.7 Å². The monoisotopic (exact) mass is 390 g/mol. The SMILES string of the molecule is CC(C)C1CCC(Br)C(Cc2ccc(Br)cc2F)C1. The van der Waals surface area contributed by atoms with Crippen molar-refractivity contribution >= 4 is 31.9 Å². The van der Waals surface area contributed by atoms with Gasteiger partial charge in [0, 0.05) is 9.30 Å². The van der Waals surface area contributed by atoms with Crippen LogP contribution in [0.5, 0.6) is 0 Å². The standard InChI is InChI=1S/C16H21Br2F/c1-10(2)11-4-6-15(18)13(7-11)8-12-3-5-14(17)9-16(12)19/h3,5,9-11,13,15H,4,6-8H2,1-2H3. The third-order valence-electron chi connectivity index (χ3n) is 4.37. The van der Waals surface area contributed by atoms with Gasteiger partial charge in [-0.3, -0.25) is 0 Å². The maximum Gasteiger partial charge on any atom is 0.127 e. The van der Waals surface area contributed by atoms with Crippen molar-refractivity contribution in [3.05, 3.63) is 34.1 Å². The highest BCUT2D eigenvalue weighted by molar-refractivity contribution is 9.10. The first-order valence-corrected chi connectivity index (χ1v) is 8.76. The molecule has 0 aromatic heterocycles. The van der Waals surface area contributed by atoms with Gasteiger partial charge in [0.05, 0.1) is 0 Å². The van der Waals surface area contributed by atoms with E-state index in [9.17, 15) is 4.39 Å². The van der Waals surface area contributed by atoms with Crippen LogP contribution in [0.3, 0.4) is 0 Å². The lowest BCUT2D eigenvalue weighted by Gasteiger charge is -2.35. The van der Waals surface area contributed by atoms with Gasteiger partial charge in [-0.2, -0.15) is 0 Å². The fraction of sp³-hybridized carbons (Fsp3) is 0.625. The van der Waals surface area contributed by atoms with Crippen LogP contribution in [-0.2, 0) is 6.42 Å². The normalized spacial score (nSPS) is 27.8. The Morgan fingerprint density at radius 2 is 2.05 bits per heavy atom. The van der Waals surface area contributed by atoms with Crippen molar-refractivity contribution in [2.24, 2.45) is 17.8 Å². The van der Waals surface area contributed by atoms with Crippen LogP contribution in [0.4, 0.5) is 4.39 Å². The van der Waals surface area contributed by atoms with Crippen LogP contribution < -0.4 is 0 Å². The van der Waals surface area contributed by atoms with Gasteiger partial charge in [0.2, 0.25) is 0 Å². The minimum atomic E-state index is -0.0826. The highest BCUT2D eigenvalue weighted by Crippen LogP contribution is 2.39. The van der Waals surface area contributed by atoms with Gasteiger partial charge in [-0.1, -0.05) is 51.8 Å². The third kappa shape index (κ3) is 4.04. The van der Waals surface area contributed by atoms with Crippen LogP contribution in [0, 0.1) is 23.6 Å². The molecule has 19 heavy (non-hydrogen) atoms. The first kappa shape index (κ1) is 15.5. The first-order valence-electron chi connectivity index (χ1n) is 7.05. The van der Waals surface area contributed by atoms with Crippen molar-refractivity contribution in [2.45, 2.75) is 44.4 Å². The number of hydrogen-bond acceptors (Lipinski definition) is 0. The van der Waals surface area contributed by atoms with Gasteiger partial charge in [0.25, 0.3) is 0 Å². The molecule has 3 unspecified atom stereocenters. The zero-order valence-corrected chi connectivity index (χ0v) is 14.7. The molecule has 1 saturated carbocycles. The van der Waals surface area contributed by atoms with Crippen LogP contribution in [0.1, 0.15) is 38.7 Å². The minimum absolute atomic E-state index is 0.0826. The molecule has 3 heteroatoms. The number of benzene rings is 1. The van der Waals surface area contributed by atoms with Gasteiger partial charge in [-0.15, -0.1) is 0 Å². The van der Waals surface area contributed by atoms with E-state index in [0.717, 1.165) is 28.3 Å². The van der Waals surface area contributed by atoms with Crippen molar-refractivity contribution in [2.75, 3.05) is 0 Å². The van der Waals surface area contributed by atoms with Crippen LogP contribution in [-0.4, -0.2) is 4.83 Å². The Bertz CT molecular complexity index is 431. The van der Waals surface area contributed by atoms with Crippen molar-refractivity contribution in [3.63, 3.8) is 0 Å². The minimum Gasteiger partial charge on any atom is -0.207 e. The molecule has 2 rings (SSSR count). The number of hydrogen-bond donors (Lipinski definition) is 0. The quantitative estimate of drug-likeness (QED) is 0.557. The summed E-state index contributed by atoms with van der Waals surface area (Å²) in [4.78, 5) is 0.533. The smallest absolute Gasteiger partial charge is 0.127 e. The molecule has 1 fully saturated rings. The van der Waals surface area contributed by atoms with E-state index >= 15 is 0 Å². The van der Waals surface area contributed by atoms with Crippen LogP contribution >= 0.6 is 31.9 Å². The Kier molecular flexibility index (Phi) is 5.47. The van der Waals surface area contributed by atoms with Gasteiger partial charge in [-0.25, -0.2) is 4.39 Å². The van der Waals surface area contributed by atoms with E-state index in [0.29, 0.717) is 10.7 Å². The summed E-state index contributed by atoms with van der Waals surface area (Å²) in [6, 6.07) is 5.42. The zero-order valence-electron chi connectivity index (χ0n) is 11.5. The topological polar surface area (TPSA) is 0 Å². The van der Waals surface area contributed by atoms with Gasteiger partial charge in [-0.05, 0) is 61.1 Å². The molecule has 0 aliphatic heterocycles. The summed E-state index contributed by atoms with van der Waals surface area (Å²) in [5.74, 6) is 1.99. The van der Waals surface area contributed by atoms with E-state index in [4.69, 9.17) is 0 Å². The van der Waals surface area contributed by atoms with Crippen molar-refractivity contribution in [1.82, 2.24) is 0 Å². The molecular formula is C16H21Br2F. The van der Waals surface area contributed by atoms with Crippen molar-refractivity contribution in [1.29, 1.82) is 0 Å². The van der Waals surface area contributed by atoms with Gasteiger partial charge in [0.15, 0.2) is 0 Å². The van der Waals surface area contributed by atoms with Crippen LogP contribution in [0.2, 0.25) is 0 Å². The molecule has 3 atom stereocenters. The molecule has 0 heterocycles. The highest BCUT2D eigenvalue weighted by Gasteiger charge is 2.30. The van der Waals surface area contributed by atoms with Crippen molar-refractivity contribution in [3.8, 4) is 0 Å². The first-order chi connectivity index (χ1) is 8.97. The fourth-order valence-electron chi connectivity index (χ4n) is 3.05. The summed E-state index contributed by atoms with van der Waals surface area (Å²) < 4.78 is 14.8. The fourth-order valence-corrected chi connectivity index (χ4v) is 4.05. The van der Waals surface area contributed by atoms with Crippen LogP contribution in [0.25, 0.3) is 0 Å². The highest BCUT2D eigenvalue weighted by atomic mass is 79.9.